The van der Waals surface area contributed by atoms with Crippen molar-refractivity contribution in [2.45, 2.75) is 59.0 Å². The van der Waals surface area contributed by atoms with E-state index in [0.717, 1.165) is 31.2 Å². The fourth-order valence-electron chi connectivity index (χ4n) is 3.43. The Kier molecular flexibility index (Phi) is 6.66. The molecule has 2 atom stereocenters. The van der Waals surface area contributed by atoms with Gasteiger partial charge in [-0.3, -0.25) is 9.67 Å². The first-order valence-electron chi connectivity index (χ1n) is 9.16. The topological polar surface area (TPSA) is 57.5 Å². The molecule has 2 rings (SSSR count). The number of likely N-dealkylation sites (N-methyl/N-ethyl adjacent to an activating group) is 1. The quantitative estimate of drug-likeness (QED) is 0.613. The Hall–Kier alpha value is -1.56. The van der Waals surface area contributed by atoms with Crippen LogP contribution in [0, 0.1) is 13.8 Å². The summed E-state index contributed by atoms with van der Waals surface area (Å²) in [6.07, 6.45) is 3.50. The van der Waals surface area contributed by atoms with Gasteiger partial charge in [-0.1, -0.05) is 0 Å². The molecular formula is C18H34N6. The molecule has 136 valence electrons. The molecule has 1 fully saturated rings. The zero-order chi connectivity index (χ0) is 17.7. The molecule has 1 aliphatic heterocycles. The Morgan fingerprint density at radius 1 is 1.38 bits per heavy atom. The Bertz CT molecular complexity index is 562. The Labute approximate surface area is 146 Å². The lowest BCUT2D eigenvalue weighted by Crippen LogP contribution is -2.44. The minimum atomic E-state index is 0.311. The van der Waals surface area contributed by atoms with E-state index in [2.05, 4.69) is 55.4 Å². The molecule has 0 saturated carbocycles. The van der Waals surface area contributed by atoms with Crippen LogP contribution >= 0.6 is 0 Å². The molecular weight excluding hydrogens is 300 g/mol. The number of nitrogens with zero attached hydrogens (tertiary/aromatic N) is 4. The van der Waals surface area contributed by atoms with E-state index in [-0.39, 0.29) is 0 Å². The highest BCUT2D eigenvalue weighted by Crippen LogP contribution is 2.15. The number of nitrogens with one attached hydrogen (secondary N) is 2. The third kappa shape index (κ3) is 4.72. The number of guanidine groups is 1. The van der Waals surface area contributed by atoms with Gasteiger partial charge in [-0.15, -0.1) is 0 Å². The summed E-state index contributed by atoms with van der Waals surface area (Å²) in [7, 11) is 4.21. The molecule has 0 aliphatic carbocycles. The molecule has 1 aliphatic rings. The second-order valence-corrected chi connectivity index (χ2v) is 7.02. The molecule has 1 saturated heterocycles. The van der Waals surface area contributed by atoms with Gasteiger partial charge in [0.05, 0.1) is 12.2 Å². The van der Waals surface area contributed by atoms with Gasteiger partial charge in [0, 0.05) is 31.4 Å². The summed E-state index contributed by atoms with van der Waals surface area (Å²) >= 11 is 0. The van der Waals surface area contributed by atoms with Gasteiger partial charge < -0.3 is 15.5 Å². The monoisotopic (exact) mass is 334 g/mol. The highest BCUT2D eigenvalue weighted by Gasteiger charge is 2.20. The molecule has 0 aromatic carbocycles. The normalized spacial score (nSPS) is 20.4. The summed E-state index contributed by atoms with van der Waals surface area (Å²) in [5, 5.41) is 11.4. The fourth-order valence-corrected chi connectivity index (χ4v) is 3.43. The van der Waals surface area contributed by atoms with Crippen molar-refractivity contribution in [1.29, 1.82) is 0 Å². The smallest absolute Gasteiger partial charge is 0.191 e. The molecule has 2 N–H and O–H groups in total. The second kappa shape index (κ2) is 8.51. The minimum absolute atomic E-state index is 0.311. The van der Waals surface area contributed by atoms with Crippen molar-refractivity contribution in [3.8, 4) is 0 Å². The van der Waals surface area contributed by atoms with Crippen LogP contribution < -0.4 is 10.6 Å². The largest absolute Gasteiger partial charge is 0.357 e. The van der Waals surface area contributed by atoms with Gasteiger partial charge in [0.25, 0.3) is 0 Å². The Morgan fingerprint density at radius 3 is 2.67 bits per heavy atom. The standard InChI is InChI=1S/C18H34N6/c1-7-19-18(20-12-16-9-8-10-23(16)5)21-13(2)11-17-14(3)22-24(6)15(17)4/h13,16H,7-12H2,1-6H3,(H2,19,20,21). The maximum Gasteiger partial charge on any atom is 0.191 e. The number of likely N-dealkylation sites (tertiary alicyclic amines) is 1. The van der Waals surface area contributed by atoms with Crippen molar-refractivity contribution >= 4 is 5.96 Å². The molecule has 0 bridgehead atoms. The number of aryl methyl sites for hydroxylation is 2. The number of aliphatic imine (C=N–C) groups is 1. The SMILES string of the molecule is CCNC(=NCC1CCCN1C)NC(C)Cc1c(C)nn(C)c1C. The third-order valence-electron chi connectivity index (χ3n) is 5.03. The first-order chi connectivity index (χ1) is 11.4. The van der Waals surface area contributed by atoms with Gasteiger partial charge in [-0.05, 0) is 66.1 Å². The summed E-state index contributed by atoms with van der Waals surface area (Å²) in [4.78, 5) is 7.23. The third-order valence-corrected chi connectivity index (χ3v) is 5.03. The fraction of sp³-hybridized carbons (Fsp3) is 0.778. The van der Waals surface area contributed by atoms with Crippen LogP contribution in [-0.4, -0.2) is 59.4 Å². The van der Waals surface area contributed by atoms with E-state index in [4.69, 9.17) is 4.99 Å². The number of rotatable bonds is 6. The maximum atomic E-state index is 4.81. The molecule has 24 heavy (non-hydrogen) atoms. The predicted octanol–water partition coefficient (Wildman–Crippen LogP) is 1.62. The van der Waals surface area contributed by atoms with Gasteiger partial charge in [-0.25, -0.2) is 0 Å². The van der Waals surface area contributed by atoms with Crippen molar-refractivity contribution in [3.63, 3.8) is 0 Å². The Morgan fingerprint density at radius 2 is 2.12 bits per heavy atom. The number of aromatic nitrogens is 2. The van der Waals surface area contributed by atoms with Crippen LogP contribution in [-0.2, 0) is 13.5 Å². The van der Waals surface area contributed by atoms with Gasteiger partial charge in [-0.2, -0.15) is 5.10 Å². The van der Waals surface area contributed by atoms with Gasteiger partial charge in [0.1, 0.15) is 0 Å². The lowest BCUT2D eigenvalue weighted by atomic mass is 10.1. The van der Waals surface area contributed by atoms with Crippen molar-refractivity contribution < 1.29 is 0 Å². The lowest BCUT2D eigenvalue weighted by Gasteiger charge is -2.21. The summed E-state index contributed by atoms with van der Waals surface area (Å²) < 4.78 is 1.96. The van der Waals surface area contributed by atoms with E-state index in [9.17, 15) is 0 Å². The van der Waals surface area contributed by atoms with E-state index in [0.29, 0.717) is 12.1 Å². The van der Waals surface area contributed by atoms with Crippen LogP contribution in [0.25, 0.3) is 0 Å². The van der Waals surface area contributed by atoms with Crippen LogP contribution in [0.4, 0.5) is 0 Å². The first-order valence-corrected chi connectivity index (χ1v) is 9.16. The average Bonchev–Trinajstić information content (AvgIpc) is 3.03. The van der Waals surface area contributed by atoms with E-state index in [1.165, 1.54) is 30.6 Å². The zero-order valence-corrected chi connectivity index (χ0v) is 16.2. The Balaban J connectivity index is 1.95. The molecule has 1 aromatic heterocycles. The summed E-state index contributed by atoms with van der Waals surface area (Å²) in [5.74, 6) is 0.921. The van der Waals surface area contributed by atoms with Crippen LogP contribution in [0.2, 0.25) is 0 Å². The molecule has 0 amide bonds. The van der Waals surface area contributed by atoms with E-state index in [1.54, 1.807) is 0 Å². The summed E-state index contributed by atoms with van der Waals surface area (Å²) in [6.45, 7) is 11.5. The van der Waals surface area contributed by atoms with Crippen LogP contribution in [0.15, 0.2) is 4.99 Å². The molecule has 0 spiro atoms. The highest BCUT2D eigenvalue weighted by molar-refractivity contribution is 5.80. The molecule has 6 nitrogen and oxygen atoms in total. The van der Waals surface area contributed by atoms with Crippen LogP contribution in [0.3, 0.4) is 0 Å². The average molecular weight is 335 g/mol. The zero-order valence-electron chi connectivity index (χ0n) is 16.2. The van der Waals surface area contributed by atoms with Crippen LogP contribution in [0.1, 0.15) is 43.6 Å². The van der Waals surface area contributed by atoms with Crippen LogP contribution in [0.5, 0.6) is 0 Å². The van der Waals surface area contributed by atoms with Crippen molar-refractivity contribution in [1.82, 2.24) is 25.3 Å². The van der Waals surface area contributed by atoms with Gasteiger partial charge in [0.2, 0.25) is 0 Å². The van der Waals surface area contributed by atoms with E-state index in [1.807, 2.05) is 11.7 Å². The lowest BCUT2D eigenvalue weighted by molar-refractivity contribution is 0.317. The van der Waals surface area contributed by atoms with Gasteiger partial charge >= 0.3 is 0 Å². The molecule has 1 aromatic rings. The predicted molar refractivity (Wildman–Crippen MR) is 101 cm³/mol. The van der Waals surface area contributed by atoms with Crippen molar-refractivity contribution in [2.24, 2.45) is 12.0 Å². The molecule has 2 heterocycles. The summed E-state index contributed by atoms with van der Waals surface area (Å²) in [5.41, 5.74) is 3.71. The van der Waals surface area contributed by atoms with E-state index >= 15 is 0 Å². The van der Waals surface area contributed by atoms with Gasteiger partial charge in [0.15, 0.2) is 5.96 Å². The molecule has 2 unspecified atom stereocenters. The second-order valence-electron chi connectivity index (χ2n) is 7.02. The summed E-state index contributed by atoms with van der Waals surface area (Å²) in [6, 6.07) is 0.893. The molecule has 6 heteroatoms. The maximum absolute atomic E-state index is 4.81. The molecule has 0 radical (unpaired) electrons. The minimum Gasteiger partial charge on any atom is -0.357 e. The van der Waals surface area contributed by atoms with Crippen molar-refractivity contribution in [3.05, 3.63) is 17.0 Å². The highest BCUT2D eigenvalue weighted by atomic mass is 15.3. The number of hydrogen-bond donors (Lipinski definition) is 2. The van der Waals surface area contributed by atoms with E-state index < -0.39 is 0 Å². The van der Waals surface area contributed by atoms with Crippen molar-refractivity contribution in [2.75, 3.05) is 26.7 Å². The number of hydrogen-bond acceptors (Lipinski definition) is 3. The first kappa shape index (κ1) is 18.8.